The zero-order chi connectivity index (χ0) is 14.7. The number of methoxy groups -OCH3 is 2. The number of hydrogen-bond acceptors (Lipinski definition) is 3. The van der Waals surface area contributed by atoms with Gasteiger partial charge in [-0.25, -0.2) is 0 Å². The van der Waals surface area contributed by atoms with Crippen molar-refractivity contribution >= 4 is 5.69 Å². The van der Waals surface area contributed by atoms with Gasteiger partial charge in [-0.15, -0.1) is 0 Å². The molecule has 20 heavy (non-hydrogen) atoms. The molecular weight excluding hydrogens is 250 g/mol. The molecule has 2 rings (SSSR count). The number of aryl methyl sites for hydroxylation is 1. The Labute approximate surface area is 120 Å². The number of nitrogen functional groups attached to an aromatic ring is 1. The van der Waals surface area contributed by atoms with Gasteiger partial charge in [-0.2, -0.15) is 0 Å². The highest BCUT2D eigenvalue weighted by Gasteiger charge is 2.12. The highest BCUT2D eigenvalue weighted by Crippen LogP contribution is 2.31. The molecule has 3 heteroatoms. The molecule has 2 N–H and O–H groups in total. The minimum absolute atomic E-state index is 0.247. The molecule has 0 aliphatic heterocycles. The molecule has 2 aromatic carbocycles. The minimum atomic E-state index is 0.247. The van der Waals surface area contributed by atoms with E-state index >= 15 is 0 Å². The van der Waals surface area contributed by atoms with Gasteiger partial charge in [0.2, 0.25) is 0 Å². The number of nitrogens with two attached hydrogens (primary N) is 1. The fraction of sp³-hybridized carbons (Fsp3) is 0.294. The van der Waals surface area contributed by atoms with Crippen LogP contribution in [0.2, 0.25) is 0 Å². The molecule has 0 amide bonds. The van der Waals surface area contributed by atoms with E-state index in [9.17, 15) is 0 Å². The number of rotatable bonds is 4. The van der Waals surface area contributed by atoms with Crippen LogP contribution in [0.3, 0.4) is 0 Å². The van der Waals surface area contributed by atoms with Gasteiger partial charge in [0.05, 0.1) is 19.9 Å². The van der Waals surface area contributed by atoms with E-state index in [4.69, 9.17) is 15.2 Å². The second-order valence-corrected chi connectivity index (χ2v) is 5.01. The van der Waals surface area contributed by atoms with Gasteiger partial charge in [-0.05, 0) is 47.9 Å². The average molecular weight is 271 g/mol. The van der Waals surface area contributed by atoms with E-state index in [1.54, 1.807) is 14.2 Å². The predicted octanol–water partition coefficient (Wildman–Crippen LogP) is 3.75. The molecule has 0 spiro atoms. The molecule has 0 aromatic heterocycles. The Balaban J connectivity index is 2.37. The lowest BCUT2D eigenvalue weighted by atomic mass is 9.91. The summed E-state index contributed by atoms with van der Waals surface area (Å²) in [4.78, 5) is 0. The zero-order valence-corrected chi connectivity index (χ0v) is 12.4. The first-order valence-electron chi connectivity index (χ1n) is 6.64. The van der Waals surface area contributed by atoms with Gasteiger partial charge < -0.3 is 15.2 Å². The van der Waals surface area contributed by atoms with E-state index in [1.165, 1.54) is 11.1 Å². The first-order valence-corrected chi connectivity index (χ1v) is 6.64. The van der Waals surface area contributed by atoms with E-state index < -0.39 is 0 Å². The molecule has 0 heterocycles. The molecule has 0 saturated heterocycles. The van der Waals surface area contributed by atoms with Gasteiger partial charge in [0, 0.05) is 5.92 Å². The molecule has 0 aliphatic rings. The SMILES string of the molecule is COc1cc(C)cc(C(C)c2ccc(OC)c(N)c2)c1. The van der Waals surface area contributed by atoms with E-state index in [0.29, 0.717) is 11.4 Å². The molecule has 0 aliphatic carbocycles. The quantitative estimate of drug-likeness (QED) is 0.861. The maximum atomic E-state index is 5.98. The Kier molecular flexibility index (Phi) is 4.18. The van der Waals surface area contributed by atoms with Crippen molar-refractivity contribution in [1.29, 1.82) is 0 Å². The van der Waals surface area contributed by atoms with Gasteiger partial charge in [0.1, 0.15) is 11.5 Å². The van der Waals surface area contributed by atoms with E-state index in [1.807, 2.05) is 18.2 Å². The summed E-state index contributed by atoms with van der Waals surface area (Å²) in [5.41, 5.74) is 10.2. The minimum Gasteiger partial charge on any atom is -0.497 e. The van der Waals surface area contributed by atoms with Gasteiger partial charge in [0.25, 0.3) is 0 Å². The highest BCUT2D eigenvalue weighted by molar-refractivity contribution is 5.56. The van der Waals surface area contributed by atoms with Crippen LogP contribution in [0.4, 0.5) is 5.69 Å². The Bertz CT molecular complexity index is 608. The number of anilines is 1. The first-order chi connectivity index (χ1) is 9.55. The fourth-order valence-electron chi connectivity index (χ4n) is 2.36. The van der Waals surface area contributed by atoms with Crippen LogP contribution in [0.25, 0.3) is 0 Å². The Morgan fingerprint density at radius 2 is 1.70 bits per heavy atom. The lowest BCUT2D eigenvalue weighted by molar-refractivity contribution is 0.413. The summed E-state index contributed by atoms with van der Waals surface area (Å²) in [6, 6.07) is 12.2. The number of ether oxygens (including phenoxy) is 2. The van der Waals surface area contributed by atoms with Crippen LogP contribution >= 0.6 is 0 Å². The predicted molar refractivity (Wildman–Crippen MR) is 82.7 cm³/mol. The Hall–Kier alpha value is -2.16. The van der Waals surface area contributed by atoms with Crippen LogP contribution in [0.1, 0.15) is 29.5 Å². The third-order valence-electron chi connectivity index (χ3n) is 3.56. The van der Waals surface area contributed by atoms with Crippen LogP contribution in [0.15, 0.2) is 36.4 Å². The van der Waals surface area contributed by atoms with Crippen molar-refractivity contribution in [2.75, 3.05) is 20.0 Å². The van der Waals surface area contributed by atoms with E-state index in [0.717, 1.165) is 11.3 Å². The van der Waals surface area contributed by atoms with Gasteiger partial charge in [-0.1, -0.05) is 19.1 Å². The summed E-state index contributed by atoms with van der Waals surface area (Å²) in [6.07, 6.45) is 0. The molecule has 2 aromatic rings. The normalized spacial score (nSPS) is 12.0. The van der Waals surface area contributed by atoms with Crippen molar-refractivity contribution in [2.45, 2.75) is 19.8 Å². The molecule has 0 radical (unpaired) electrons. The molecule has 0 saturated carbocycles. The van der Waals surface area contributed by atoms with Crippen LogP contribution in [-0.4, -0.2) is 14.2 Å². The maximum Gasteiger partial charge on any atom is 0.141 e. The average Bonchev–Trinajstić information content (AvgIpc) is 2.45. The van der Waals surface area contributed by atoms with Crippen molar-refractivity contribution in [1.82, 2.24) is 0 Å². The maximum absolute atomic E-state index is 5.98. The number of hydrogen-bond donors (Lipinski definition) is 1. The Morgan fingerprint density at radius 3 is 2.30 bits per heavy atom. The summed E-state index contributed by atoms with van der Waals surface area (Å²) in [6.45, 7) is 4.23. The van der Waals surface area contributed by atoms with Crippen molar-refractivity contribution in [3.63, 3.8) is 0 Å². The van der Waals surface area contributed by atoms with Crippen LogP contribution in [0.5, 0.6) is 11.5 Å². The lowest BCUT2D eigenvalue weighted by Crippen LogP contribution is -2.00. The highest BCUT2D eigenvalue weighted by atomic mass is 16.5. The second-order valence-electron chi connectivity index (χ2n) is 5.01. The van der Waals surface area contributed by atoms with Crippen molar-refractivity contribution in [2.24, 2.45) is 0 Å². The molecule has 0 fully saturated rings. The van der Waals surface area contributed by atoms with Crippen LogP contribution in [0, 0.1) is 6.92 Å². The van der Waals surface area contributed by atoms with Crippen molar-refractivity contribution < 1.29 is 9.47 Å². The molecule has 106 valence electrons. The first kappa shape index (κ1) is 14.3. The molecule has 0 bridgehead atoms. The second kappa shape index (κ2) is 5.87. The fourth-order valence-corrected chi connectivity index (χ4v) is 2.36. The van der Waals surface area contributed by atoms with Crippen molar-refractivity contribution in [3.05, 3.63) is 53.1 Å². The summed E-state index contributed by atoms with van der Waals surface area (Å²) >= 11 is 0. The molecule has 1 unspecified atom stereocenters. The summed E-state index contributed by atoms with van der Waals surface area (Å²) in [5.74, 6) is 1.84. The van der Waals surface area contributed by atoms with E-state index in [2.05, 4.69) is 32.0 Å². The van der Waals surface area contributed by atoms with Crippen molar-refractivity contribution in [3.8, 4) is 11.5 Å². The topological polar surface area (TPSA) is 44.5 Å². The lowest BCUT2D eigenvalue weighted by Gasteiger charge is -2.16. The van der Waals surface area contributed by atoms with Gasteiger partial charge in [0.15, 0.2) is 0 Å². The third-order valence-corrected chi connectivity index (χ3v) is 3.56. The largest absolute Gasteiger partial charge is 0.497 e. The standard InChI is InChI=1S/C17H21NO2/c1-11-7-14(9-15(8-11)19-3)12(2)13-5-6-17(20-4)16(18)10-13/h5-10,12H,18H2,1-4H3. The van der Waals surface area contributed by atoms with Crippen LogP contribution < -0.4 is 15.2 Å². The summed E-state index contributed by atoms with van der Waals surface area (Å²) < 4.78 is 10.5. The smallest absolute Gasteiger partial charge is 0.141 e. The summed E-state index contributed by atoms with van der Waals surface area (Å²) in [7, 11) is 3.31. The monoisotopic (exact) mass is 271 g/mol. The van der Waals surface area contributed by atoms with Crippen LogP contribution in [-0.2, 0) is 0 Å². The zero-order valence-electron chi connectivity index (χ0n) is 12.4. The number of benzene rings is 2. The Morgan fingerprint density at radius 1 is 0.950 bits per heavy atom. The molecule has 1 atom stereocenters. The molecule has 3 nitrogen and oxygen atoms in total. The third kappa shape index (κ3) is 2.87. The van der Waals surface area contributed by atoms with E-state index in [-0.39, 0.29) is 5.92 Å². The van der Waals surface area contributed by atoms with Gasteiger partial charge >= 0.3 is 0 Å². The van der Waals surface area contributed by atoms with Gasteiger partial charge in [-0.3, -0.25) is 0 Å². The molecular formula is C17H21NO2. The summed E-state index contributed by atoms with van der Waals surface area (Å²) in [5, 5.41) is 0.